The highest BCUT2D eigenvalue weighted by molar-refractivity contribution is 5.85. The Morgan fingerprint density at radius 3 is 2.09 bits per heavy atom. The monoisotopic (exact) mass is 500 g/mol. The minimum absolute atomic E-state index is 0. The molecule has 0 aliphatic carbocycles. The number of benzene rings is 2. The van der Waals surface area contributed by atoms with Gasteiger partial charge in [0, 0.05) is 51.3 Å². The fourth-order valence-corrected chi connectivity index (χ4v) is 3.81. The second-order valence-corrected chi connectivity index (χ2v) is 7.67. The fourth-order valence-electron chi connectivity index (χ4n) is 3.81. The molecule has 1 heterocycles. The molecule has 1 saturated heterocycles. The van der Waals surface area contributed by atoms with Crippen LogP contribution in [0.15, 0.2) is 42.5 Å². The molecule has 0 unspecified atom stereocenters. The van der Waals surface area contributed by atoms with Crippen molar-refractivity contribution in [3.05, 3.63) is 53.6 Å². The lowest BCUT2D eigenvalue weighted by Gasteiger charge is -2.35. The van der Waals surface area contributed by atoms with Gasteiger partial charge < -0.3 is 19.3 Å². The smallest absolute Gasteiger partial charge is 0.303 e. The van der Waals surface area contributed by atoms with E-state index in [0.29, 0.717) is 30.3 Å². The molecule has 1 aliphatic heterocycles. The lowest BCUT2D eigenvalue weighted by molar-refractivity contribution is -0.137. The number of methoxy groups -OCH3 is 2. The third kappa shape index (κ3) is 8.59. The average Bonchev–Trinajstić information content (AvgIpc) is 2.79. The Hall–Kier alpha value is -2.19. The van der Waals surface area contributed by atoms with Crippen LogP contribution in [0, 0.1) is 0 Å². The first-order chi connectivity index (χ1) is 15.1. The minimum Gasteiger partial charge on any atom is -0.493 e. The third-order valence-electron chi connectivity index (χ3n) is 5.47. The second kappa shape index (κ2) is 14.9. The molecule has 2 aromatic carbocycles. The van der Waals surface area contributed by atoms with E-state index in [0.717, 1.165) is 44.8 Å². The van der Waals surface area contributed by atoms with E-state index in [9.17, 15) is 4.79 Å². The van der Waals surface area contributed by atoms with E-state index in [-0.39, 0.29) is 31.2 Å². The SMILES string of the molecule is COc1ccc(CN2CCN(Cc3ccccc3)CC2)c(OCCCC(=O)O)c1OC.Cl.Cl. The molecule has 0 amide bonds. The first-order valence-electron chi connectivity index (χ1n) is 10.7. The molecule has 184 valence electrons. The summed E-state index contributed by atoms with van der Waals surface area (Å²) in [6.07, 6.45) is 0.512. The maximum Gasteiger partial charge on any atom is 0.303 e. The van der Waals surface area contributed by atoms with Crippen molar-refractivity contribution in [1.29, 1.82) is 0 Å². The van der Waals surface area contributed by atoms with Crippen LogP contribution in [0.2, 0.25) is 0 Å². The van der Waals surface area contributed by atoms with E-state index >= 15 is 0 Å². The Morgan fingerprint density at radius 2 is 1.52 bits per heavy atom. The van der Waals surface area contributed by atoms with Crippen LogP contribution >= 0.6 is 24.8 Å². The van der Waals surface area contributed by atoms with Crippen molar-refractivity contribution in [3.63, 3.8) is 0 Å². The zero-order valence-electron chi connectivity index (χ0n) is 19.2. The molecule has 2 aromatic rings. The Morgan fingerprint density at radius 1 is 0.879 bits per heavy atom. The summed E-state index contributed by atoms with van der Waals surface area (Å²) in [5, 5.41) is 8.87. The van der Waals surface area contributed by atoms with Gasteiger partial charge in [-0.2, -0.15) is 0 Å². The molecule has 33 heavy (non-hydrogen) atoms. The summed E-state index contributed by atoms with van der Waals surface area (Å²) < 4.78 is 17.0. The topological polar surface area (TPSA) is 71.5 Å². The number of rotatable bonds is 11. The van der Waals surface area contributed by atoms with Gasteiger partial charge in [0.2, 0.25) is 5.75 Å². The van der Waals surface area contributed by atoms with Crippen LogP contribution < -0.4 is 14.2 Å². The Labute approximate surface area is 208 Å². The molecule has 3 rings (SSSR count). The maximum absolute atomic E-state index is 10.8. The van der Waals surface area contributed by atoms with Gasteiger partial charge in [-0.05, 0) is 18.1 Å². The van der Waals surface area contributed by atoms with Gasteiger partial charge in [0.05, 0.1) is 20.8 Å². The van der Waals surface area contributed by atoms with Crippen LogP contribution in [0.5, 0.6) is 17.2 Å². The molecule has 9 heteroatoms. The molecule has 0 aromatic heterocycles. The summed E-state index contributed by atoms with van der Waals surface area (Å²) in [4.78, 5) is 15.7. The van der Waals surface area contributed by atoms with Gasteiger partial charge >= 0.3 is 5.97 Å². The Bertz CT molecular complexity index is 846. The van der Waals surface area contributed by atoms with Crippen molar-refractivity contribution < 1.29 is 24.1 Å². The zero-order valence-corrected chi connectivity index (χ0v) is 20.8. The average molecular weight is 501 g/mol. The van der Waals surface area contributed by atoms with Crippen LogP contribution in [-0.2, 0) is 17.9 Å². The quantitative estimate of drug-likeness (QED) is 0.465. The molecular formula is C24H34Cl2N2O5. The number of carboxylic acids is 1. The number of hydrogen-bond acceptors (Lipinski definition) is 6. The number of halogens is 2. The molecule has 0 atom stereocenters. The second-order valence-electron chi connectivity index (χ2n) is 7.67. The fraction of sp³-hybridized carbons (Fsp3) is 0.458. The molecule has 1 aliphatic rings. The maximum atomic E-state index is 10.8. The van der Waals surface area contributed by atoms with E-state index in [1.165, 1.54) is 5.56 Å². The van der Waals surface area contributed by atoms with Crippen LogP contribution in [0.1, 0.15) is 24.0 Å². The number of piperazine rings is 1. The summed E-state index contributed by atoms with van der Waals surface area (Å²) in [6, 6.07) is 14.5. The molecule has 1 N–H and O–H groups in total. The summed E-state index contributed by atoms with van der Waals surface area (Å²) in [5.74, 6) is 0.971. The van der Waals surface area contributed by atoms with E-state index < -0.39 is 5.97 Å². The number of hydrogen-bond donors (Lipinski definition) is 1. The highest BCUT2D eigenvalue weighted by Crippen LogP contribution is 2.40. The summed E-state index contributed by atoms with van der Waals surface area (Å²) in [7, 11) is 3.19. The minimum atomic E-state index is -0.824. The summed E-state index contributed by atoms with van der Waals surface area (Å²) >= 11 is 0. The van der Waals surface area contributed by atoms with Crippen molar-refractivity contribution in [2.24, 2.45) is 0 Å². The van der Waals surface area contributed by atoms with Crippen molar-refractivity contribution >= 4 is 30.8 Å². The van der Waals surface area contributed by atoms with Gasteiger partial charge in [-0.1, -0.05) is 36.4 Å². The lowest BCUT2D eigenvalue weighted by Crippen LogP contribution is -2.45. The van der Waals surface area contributed by atoms with Crippen LogP contribution in [0.25, 0.3) is 0 Å². The highest BCUT2D eigenvalue weighted by atomic mass is 35.5. The molecule has 1 fully saturated rings. The summed E-state index contributed by atoms with van der Waals surface area (Å²) in [5.41, 5.74) is 2.36. The predicted molar refractivity (Wildman–Crippen MR) is 133 cm³/mol. The molecular weight excluding hydrogens is 467 g/mol. The predicted octanol–water partition coefficient (Wildman–Crippen LogP) is 4.11. The van der Waals surface area contributed by atoms with Crippen molar-refractivity contribution in [2.45, 2.75) is 25.9 Å². The largest absolute Gasteiger partial charge is 0.493 e. The van der Waals surface area contributed by atoms with Crippen molar-refractivity contribution in [2.75, 3.05) is 47.0 Å². The lowest BCUT2D eigenvalue weighted by atomic mass is 10.1. The van der Waals surface area contributed by atoms with E-state index in [2.05, 4.69) is 34.1 Å². The summed E-state index contributed by atoms with van der Waals surface area (Å²) in [6.45, 7) is 6.00. The molecule has 7 nitrogen and oxygen atoms in total. The standard InChI is InChI=1S/C24H32N2O5.2ClH/c1-29-21-11-10-20(23(24(21)30-2)31-16-6-9-22(27)28)18-26-14-12-25(13-15-26)17-19-7-4-3-5-8-19;;/h3-5,7-8,10-11H,6,9,12-18H2,1-2H3,(H,27,28);2*1H. The Balaban J connectivity index is 0.00000272. The van der Waals surface area contributed by atoms with Crippen LogP contribution in [0.4, 0.5) is 0 Å². The first-order valence-corrected chi connectivity index (χ1v) is 10.7. The van der Waals surface area contributed by atoms with E-state index in [1.54, 1.807) is 14.2 Å². The van der Waals surface area contributed by atoms with Gasteiger partial charge in [0.1, 0.15) is 0 Å². The number of aliphatic carboxylic acids is 1. The molecule has 0 radical (unpaired) electrons. The molecule has 0 bridgehead atoms. The van der Waals surface area contributed by atoms with Gasteiger partial charge in [-0.3, -0.25) is 14.6 Å². The molecule has 0 saturated carbocycles. The van der Waals surface area contributed by atoms with Crippen LogP contribution in [0.3, 0.4) is 0 Å². The van der Waals surface area contributed by atoms with Gasteiger partial charge in [-0.25, -0.2) is 0 Å². The Kier molecular flexibility index (Phi) is 13.0. The van der Waals surface area contributed by atoms with Crippen molar-refractivity contribution in [3.8, 4) is 17.2 Å². The van der Waals surface area contributed by atoms with E-state index in [4.69, 9.17) is 19.3 Å². The van der Waals surface area contributed by atoms with E-state index in [1.807, 2.05) is 18.2 Å². The highest BCUT2D eigenvalue weighted by Gasteiger charge is 2.22. The number of carbonyl (C=O) groups is 1. The van der Waals surface area contributed by atoms with Crippen LogP contribution in [-0.4, -0.2) is 67.9 Å². The first kappa shape index (κ1) is 28.8. The zero-order chi connectivity index (χ0) is 22.1. The van der Waals surface area contributed by atoms with Gasteiger partial charge in [-0.15, -0.1) is 24.8 Å². The number of nitrogens with zero attached hydrogens (tertiary/aromatic N) is 2. The number of carboxylic acid groups (broad SMARTS) is 1. The van der Waals surface area contributed by atoms with Gasteiger partial charge in [0.15, 0.2) is 11.5 Å². The van der Waals surface area contributed by atoms with Gasteiger partial charge in [0.25, 0.3) is 0 Å². The number of ether oxygens (including phenoxy) is 3. The third-order valence-corrected chi connectivity index (χ3v) is 5.47. The van der Waals surface area contributed by atoms with Crippen molar-refractivity contribution in [1.82, 2.24) is 9.80 Å². The molecule has 0 spiro atoms. The normalized spacial score (nSPS) is 14.0.